The lowest BCUT2D eigenvalue weighted by atomic mass is 9.83. The summed E-state index contributed by atoms with van der Waals surface area (Å²) in [6, 6.07) is 22.5. The lowest BCUT2D eigenvalue weighted by molar-refractivity contribution is -0.108. The fourth-order valence-electron chi connectivity index (χ4n) is 3.50. The van der Waals surface area contributed by atoms with Crippen LogP contribution < -0.4 is 4.74 Å². The van der Waals surface area contributed by atoms with Crippen molar-refractivity contribution in [3.05, 3.63) is 99.5 Å². The van der Waals surface area contributed by atoms with E-state index in [9.17, 15) is 13.2 Å². The molecule has 4 nitrogen and oxygen atoms in total. The van der Waals surface area contributed by atoms with E-state index in [0.717, 1.165) is 33.0 Å². The third-order valence-electron chi connectivity index (χ3n) is 4.84. The average Bonchev–Trinajstić information content (AvgIpc) is 2.73. The number of hydrogen-bond acceptors (Lipinski definition) is 4. The summed E-state index contributed by atoms with van der Waals surface area (Å²) in [6.45, 7) is 0. The van der Waals surface area contributed by atoms with Crippen molar-refractivity contribution >= 4 is 44.3 Å². The Balaban J connectivity index is 1.89. The maximum atomic E-state index is 12.2. The molecule has 0 spiro atoms. The lowest BCUT2D eigenvalue weighted by Crippen LogP contribution is -2.15. The third kappa shape index (κ3) is 4.04. The number of hydrogen-bond donors (Lipinski definition) is 1. The van der Waals surface area contributed by atoms with Gasteiger partial charge in [-0.2, -0.15) is 0 Å². The van der Waals surface area contributed by atoms with E-state index in [2.05, 4.69) is 15.9 Å². The highest BCUT2D eigenvalue weighted by Gasteiger charge is 2.31. The molecule has 1 unspecified atom stereocenters. The molecule has 0 saturated heterocycles. The minimum atomic E-state index is -2.49. The zero-order valence-corrected chi connectivity index (χ0v) is 17.7. The number of carbonyl (C=O) groups is 1. The van der Waals surface area contributed by atoms with Crippen LogP contribution in [-0.4, -0.2) is 14.7 Å². The Morgan fingerprint density at radius 1 is 0.897 bits per heavy atom. The molecule has 1 aliphatic heterocycles. The number of aldehydes is 1. The minimum Gasteiger partial charge on any atom is -0.456 e. The molecular formula is C23H17BrO4S. The fraction of sp³-hybridized carbons (Fsp3) is 0.0870. The van der Waals surface area contributed by atoms with Gasteiger partial charge in [0.1, 0.15) is 28.5 Å². The van der Waals surface area contributed by atoms with Crippen LogP contribution in [0.15, 0.2) is 77.3 Å². The van der Waals surface area contributed by atoms with Gasteiger partial charge in [-0.3, -0.25) is 0 Å². The number of carbonyl (C=O) groups excluding carboxylic acids is 1. The highest BCUT2D eigenvalue weighted by atomic mass is 79.9. The van der Waals surface area contributed by atoms with Crippen molar-refractivity contribution in [2.75, 3.05) is 0 Å². The quantitative estimate of drug-likeness (QED) is 0.431. The van der Waals surface area contributed by atoms with Gasteiger partial charge in [0, 0.05) is 21.2 Å². The number of halogens is 1. The summed E-state index contributed by atoms with van der Waals surface area (Å²) in [5.41, 5.74) is 3.99. The predicted molar refractivity (Wildman–Crippen MR) is 117 cm³/mol. The van der Waals surface area contributed by atoms with Crippen LogP contribution in [0, 0.1) is 0 Å². The maximum absolute atomic E-state index is 12.2. The SMILES string of the molecule is O=CC1C(c2ccc(Br)cc2)=C(c2ccc(C[SH](=O)=O)cc2)Oc2ccccc21. The molecule has 0 aliphatic carbocycles. The molecule has 0 radical (unpaired) electrons. The van der Waals surface area contributed by atoms with E-state index in [1.165, 1.54) is 0 Å². The van der Waals surface area contributed by atoms with Gasteiger partial charge in [0.15, 0.2) is 0 Å². The highest BCUT2D eigenvalue weighted by Crippen LogP contribution is 2.45. The third-order valence-corrected chi connectivity index (χ3v) is 5.99. The first kappa shape index (κ1) is 19.6. The smallest absolute Gasteiger partial charge is 0.144 e. The number of para-hydroxylation sites is 1. The molecule has 3 aromatic carbocycles. The first-order chi connectivity index (χ1) is 14.1. The Labute approximate surface area is 178 Å². The van der Waals surface area contributed by atoms with Gasteiger partial charge in [-0.15, -0.1) is 0 Å². The van der Waals surface area contributed by atoms with Crippen molar-refractivity contribution in [1.82, 2.24) is 0 Å². The Morgan fingerprint density at radius 2 is 1.55 bits per heavy atom. The molecule has 1 aliphatic rings. The van der Waals surface area contributed by atoms with Gasteiger partial charge in [-0.05, 0) is 29.3 Å². The Bertz CT molecular complexity index is 1150. The summed E-state index contributed by atoms with van der Waals surface area (Å²) in [6.07, 6.45) is 0.940. The summed E-state index contributed by atoms with van der Waals surface area (Å²) < 4.78 is 29.2. The van der Waals surface area contributed by atoms with E-state index in [1.807, 2.05) is 60.7 Å². The summed E-state index contributed by atoms with van der Waals surface area (Å²) in [5, 5.41) is 0. The number of rotatable bonds is 5. The van der Waals surface area contributed by atoms with E-state index in [0.29, 0.717) is 17.1 Å². The van der Waals surface area contributed by atoms with E-state index >= 15 is 0 Å². The first-order valence-electron chi connectivity index (χ1n) is 9.00. The molecule has 0 saturated carbocycles. The van der Waals surface area contributed by atoms with Crippen molar-refractivity contribution < 1.29 is 17.9 Å². The van der Waals surface area contributed by atoms with Crippen molar-refractivity contribution in [2.24, 2.45) is 0 Å². The van der Waals surface area contributed by atoms with Crippen LogP contribution in [0.2, 0.25) is 0 Å². The van der Waals surface area contributed by atoms with Gasteiger partial charge in [-0.1, -0.05) is 70.5 Å². The summed E-state index contributed by atoms with van der Waals surface area (Å²) in [7, 11) is -2.49. The van der Waals surface area contributed by atoms with Crippen molar-refractivity contribution in [2.45, 2.75) is 11.7 Å². The largest absolute Gasteiger partial charge is 0.456 e. The van der Waals surface area contributed by atoms with Crippen molar-refractivity contribution in [3.8, 4) is 5.75 Å². The zero-order valence-electron chi connectivity index (χ0n) is 15.2. The van der Waals surface area contributed by atoms with E-state index < -0.39 is 16.6 Å². The molecule has 0 aromatic heterocycles. The van der Waals surface area contributed by atoms with Gasteiger partial charge in [-0.25, -0.2) is 8.42 Å². The second-order valence-corrected chi connectivity index (χ2v) is 8.59. The number of ether oxygens (including phenoxy) is 1. The van der Waals surface area contributed by atoms with Crippen LogP contribution in [0.1, 0.15) is 28.2 Å². The monoisotopic (exact) mass is 468 g/mol. The first-order valence-corrected chi connectivity index (χ1v) is 11.2. The molecule has 1 heterocycles. The van der Waals surface area contributed by atoms with E-state index in [-0.39, 0.29) is 5.75 Å². The van der Waals surface area contributed by atoms with Crippen LogP contribution in [-0.2, 0) is 21.3 Å². The van der Waals surface area contributed by atoms with Gasteiger partial charge in [0.25, 0.3) is 0 Å². The number of allylic oxidation sites excluding steroid dienone is 1. The molecule has 6 heteroatoms. The molecule has 0 amide bonds. The summed E-state index contributed by atoms with van der Waals surface area (Å²) >= 11 is 3.45. The predicted octanol–water partition coefficient (Wildman–Crippen LogP) is 4.80. The van der Waals surface area contributed by atoms with Gasteiger partial charge in [0.2, 0.25) is 0 Å². The Hall–Kier alpha value is -2.70. The van der Waals surface area contributed by atoms with Crippen LogP contribution in [0.4, 0.5) is 0 Å². The maximum Gasteiger partial charge on any atom is 0.144 e. The standard InChI is InChI=1S/C23H17BrO4S/c24-18-11-9-16(10-12-18)22-20(13-25)19-3-1-2-4-21(19)28-23(22)17-7-5-15(6-8-17)14-29(26)27/h1-13,20,29H,14H2. The van der Waals surface area contributed by atoms with E-state index in [4.69, 9.17) is 4.74 Å². The van der Waals surface area contributed by atoms with Crippen LogP contribution >= 0.6 is 15.9 Å². The van der Waals surface area contributed by atoms with Crippen LogP contribution in [0.25, 0.3) is 11.3 Å². The molecule has 4 rings (SSSR count). The topological polar surface area (TPSA) is 60.4 Å². The lowest BCUT2D eigenvalue weighted by Gasteiger charge is -2.28. The molecular weight excluding hydrogens is 452 g/mol. The number of fused-ring (bicyclic) bond motifs is 1. The number of thiol groups is 1. The number of benzene rings is 3. The highest BCUT2D eigenvalue weighted by molar-refractivity contribution is 9.10. The van der Waals surface area contributed by atoms with Crippen molar-refractivity contribution in [1.29, 1.82) is 0 Å². The zero-order chi connectivity index (χ0) is 20.4. The van der Waals surface area contributed by atoms with Crippen LogP contribution in [0.3, 0.4) is 0 Å². The molecule has 0 bridgehead atoms. The Kier molecular flexibility index (Phi) is 5.65. The van der Waals surface area contributed by atoms with Gasteiger partial charge in [0.05, 0.1) is 11.7 Å². The van der Waals surface area contributed by atoms with E-state index in [1.54, 1.807) is 12.1 Å². The second kappa shape index (κ2) is 8.35. The minimum absolute atomic E-state index is 0.00508. The second-order valence-electron chi connectivity index (χ2n) is 6.69. The molecule has 3 aromatic rings. The van der Waals surface area contributed by atoms with Gasteiger partial charge < -0.3 is 9.53 Å². The summed E-state index contributed by atoms with van der Waals surface area (Å²) in [4.78, 5) is 12.2. The average molecular weight is 469 g/mol. The Morgan fingerprint density at radius 3 is 2.21 bits per heavy atom. The molecule has 0 fully saturated rings. The molecule has 0 N–H and O–H groups in total. The normalized spacial score (nSPS) is 15.7. The van der Waals surface area contributed by atoms with Crippen molar-refractivity contribution in [3.63, 3.8) is 0 Å². The van der Waals surface area contributed by atoms with Crippen LogP contribution in [0.5, 0.6) is 5.75 Å². The van der Waals surface area contributed by atoms with Gasteiger partial charge >= 0.3 is 0 Å². The molecule has 1 atom stereocenters. The fourth-order valence-corrected chi connectivity index (χ4v) is 4.27. The molecule has 146 valence electrons. The summed E-state index contributed by atoms with van der Waals surface area (Å²) in [5.74, 6) is 0.773. The molecule has 29 heavy (non-hydrogen) atoms.